The van der Waals surface area contributed by atoms with E-state index in [1.165, 1.54) is 128 Å². The highest BCUT2D eigenvalue weighted by molar-refractivity contribution is 5.71. The van der Waals surface area contributed by atoms with Crippen LogP contribution in [0.25, 0.3) is 0 Å². The maximum absolute atomic E-state index is 12.9. The molecule has 0 aliphatic rings. The molecule has 428 valence electrons. The molecule has 75 heavy (non-hydrogen) atoms. The monoisotopic (exact) mass is 1040 g/mol. The predicted molar refractivity (Wildman–Crippen MR) is 325 cm³/mol. The molecule has 0 bridgehead atoms. The lowest BCUT2D eigenvalue weighted by Crippen LogP contribution is -2.30. The summed E-state index contributed by atoms with van der Waals surface area (Å²) in [5.41, 5.74) is 0. The average Bonchev–Trinajstić information content (AvgIpc) is 3.41. The molecular formula is C69H116O6. The second-order valence-corrected chi connectivity index (χ2v) is 20.5. The Morgan fingerprint density at radius 3 is 0.827 bits per heavy atom. The van der Waals surface area contributed by atoms with E-state index in [-0.39, 0.29) is 31.1 Å². The summed E-state index contributed by atoms with van der Waals surface area (Å²) in [6.07, 6.45) is 85.2. The Labute approximate surface area is 463 Å². The van der Waals surface area contributed by atoms with Gasteiger partial charge in [0.15, 0.2) is 6.10 Å². The van der Waals surface area contributed by atoms with Gasteiger partial charge in [-0.25, -0.2) is 0 Å². The smallest absolute Gasteiger partial charge is 0.306 e. The van der Waals surface area contributed by atoms with Gasteiger partial charge in [0, 0.05) is 19.3 Å². The molecule has 0 aliphatic heterocycles. The fourth-order valence-electron chi connectivity index (χ4n) is 8.60. The molecule has 1 unspecified atom stereocenters. The Morgan fingerprint density at radius 2 is 0.520 bits per heavy atom. The van der Waals surface area contributed by atoms with Gasteiger partial charge in [-0.15, -0.1) is 0 Å². The molecule has 0 heterocycles. The molecule has 0 rings (SSSR count). The Bertz CT molecular complexity index is 1520. The zero-order valence-electron chi connectivity index (χ0n) is 49.0. The van der Waals surface area contributed by atoms with Crippen molar-refractivity contribution in [2.75, 3.05) is 13.2 Å². The number of carbonyl (C=O) groups excluding carboxylic acids is 3. The average molecular weight is 1040 g/mol. The molecule has 6 heteroatoms. The van der Waals surface area contributed by atoms with Gasteiger partial charge in [-0.05, 0) is 122 Å². The Morgan fingerprint density at radius 1 is 0.280 bits per heavy atom. The Kier molecular flexibility index (Phi) is 59.3. The molecule has 1 atom stereocenters. The van der Waals surface area contributed by atoms with Crippen LogP contribution in [0.15, 0.2) is 109 Å². The first-order chi connectivity index (χ1) is 37.0. The van der Waals surface area contributed by atoms with E-state index >= 15 is 0 Å². The number of hydrogen-bond acceptors (Lipinski definition) is 6. The summed E-state index contributed by atoms with van der Waals surface area (Å²) in [6, 6.07) is 0. The summed E-state index contributed by atoms with van der Waals surface area (Å²) in [7, 11) is 0. The molecule has 0 aromatic heterocycles. The molecule has 0 fully saturated rings. The van der Waals surface area contributed by atoms with Crippen molar-refractivity contribution in [1.82, 2.24) is 0 Å². The van der Waals surface area contributed by atoms with Crippen LogP contribution >= 0.6 is 0 Å². The standard InChI is InChI=1S/C69H116O6/c1-4-7-10-13-16-19-22-25-27-29-30-31-32-33-34-35-36-37-38-40-41-44-47-50-53-56-59-62-68(71)74-65-66(64-73-67(70)61-58-55-52-49-46-43-24-21-18-15-12-9-6-3)75-69(72)63-60-57-54-51-48-45-42-39-28-26-23-20-17-14-11-8-5-2/h7-8,10-11,16-17,19-21,24-28,30-31,33-34,66H,4-6,9,12-15,18,22-23,29,32,35-65H2,1-3H3/b10-7-,11-8-,19-16-,20-17-,24-21-,27-25-,28-26-,31-30-,34-33-. The lowest BCUT2D eigenvalue weighted by Gasteiger charge is -2.18. The second-order valence-electron chi connectivity index (χ2n) is 20.5. The van der Waals surface area contributed by atoms with Gasteiger partial charge in [0.05, 0.1) is 0 Å². The fraction of sp³-hybridized carbons (Fsp3) is 0.696. The van der Waals surface area contributed by atoms with E-state index in [2.05, 4.69) is 130 Å². The van der Waals surface area contributed by atoms with Gasteiger partial charge in [0.1, 0.15) is 13.2 Å². The van der Waals surface area contributed by atoms with Crippen molar-refractivity contribution in [2.45, 2.75) is 297 Å². The molecule has 6 nitrogen and oxygen atoms in total. The van der Waals surface area contributed by atoms with Crippen LogP contribution in [0, 0.1) is 0 Å². The molecule has 0 amide bonds. The number of ether oxygens (including phenoxy) is 3. The first-order valence-corrected chi connectivity index (χ1v) is 31.4. The van der Waals surface area contributed by atoms with Crippen LogP contribution < -0.4 is 0 Å². The minimum absolute atomic E-state index is 0.0864. The molecule has 0 aromatic rings. The maximum atomic E-state index is 12.9. The number of carbonyl (C=O) groups is 3. The zero-order chi connectivity index (χ0) is 54.3. The van der Waals surface area contributed by atoms with Crippen LogP contribution in [0.1, 0.15) is 290 Å². The molecule has 0 aliphatic carbocycles. The highest BCUT2D eigenvalue weighted by atomic mass is 16.6. The zero-order valence-corrected chi connectivity index (χ0v) is 49.0. The predicted octanol–water partition coefficient (Wildman–Crippen LogP) is 21.4. The van der Waals surface area contributed by atoms with Gasteiger partial charge in [-0.3, -0.25) is 14.4 Å². The van der Waals surface area contributed by atoms with E-state index in [1.807, 2.05) is 0 Å². The van der Waals surface area contributed by atoms with Gasteiger partial charge >= 0.3 is 17.9 Å². The lowest BCUT2D eigenvalue weighted by atomic mass is 10.0. The van der Waals surface area contributed by atoms with Crippen LogP contribution in [-0.4, -0.2) is 37.2 Å². The van der Waals surface area contributed by atoms with Crippen molar-refractivity contribution >= 4 is 17.9 Å². The van der Waals surface area contributed by atoms with Crippen LogP contribution in [0.3, 0.4) is 0 Å². The number of allylic oxidation sites excluding steroid dienone is 18. The van der Waals surface area contributed by atoms with E-state index < -0.39 is 6.10 Å². The summed E-state index contributed by atoms with van der Waals surface area (Å²) in [6.45, 7) is 6.40. The normalized spacial score (nSPS) is 12.8. The third-order valence-electron chi connectivity index (χ3n) is 13.2. The second kappa shape index (κ2) is 62.6. The molecule has 0 saturated heterocycles. The van der Waals surface area contributed by atoms with Gasteiger partial charge < -0.3 is 14.2 Å². The van der Waals surface area contributed by atoms with E-state index in [1.54, 1.807) is 0 Å². The fourth-order valence-corrected chi connectivity index (χ4v) is 8.60. The van der Waals surface area contributed by atoms with E-state index in [9.17, 15) is 14.4 Å². The van der Waals surface area contributed by atoms with Crippen molar-refractivity contribution in [2.24, 2.45) is 0 Å². The molecular weight excluding hydrogens is 925 g/mol. The minimum atomic E-state index is -0.790. The van der Waals surface area contributed by atoms with Crippen molar-refractivity contribution in [3.63, 3.8) is 0 Å². The Hall–Kier alpha value is -3.93. The van der Waals surface area contributed by atoms with Gasteiger partial charge in [-0.2, -0.15) is 0 Å². The molecule has 0 N–H and O–H groups in total. The molecule has 0 saturated carbocycles. The summed E-state index contributed by atoms with van der Waals surface area (Å²) < 4.78 is 16.9. The summed E-state index contributed by atoms with van der Waals surface area (Å²) in [5, 5.41) is 0. The quantitative estimate of drug-likeness (QED) is 0.0261. The highest BCUT2D eigenvalue weighted by Gasteiger charge is 2.19. The summed E-state index contributed by atoms with van der Waals surface area (Å²) >= 11 is 0. The topological polar surface area (TPSA) is 78.9 Å². The van der Waals surface area contributed by atoms with E-state index in [0.29, 0.717) is 19.3 Å². The summed E-state index contributed by atoms with van der Waals surface area (Å²) in [5.74, 6) is -0.902. The van der Waals surface area contributed by atoms with E-state index in [4.69, 9.17) is 14.2 Å². The minimum Gasteiger partial charge on any atom is -0.462 e. The number of esters is 3. The van der Waals surface area contributed by atoms with Crippen molar-refractivity contribution < 1.29 is 28.6 Å². The van der Waals surface area contributed by atoms with Gasteiger partial charge in [0.2, 0.25) is 0 Å². The van der Waals surface area contributed by atoms with Crippen LogP contribution in [0.2, 0.25) is 0 Å². The van der Waals surface area contributed by atoms with Crippen molar-refractivity contribution in [3.05, 3.63) is 109 Å². The van der Waals surface area contributed by atoms with Gasteiger partial charge in [-0.1, -0.05) is 259 Å². The maximum Gasteiger partial charge on any atom is 0.306 e. The molecule has 0 radical (unpaired) electrons. The van der Waals surface area contributed by atoms with Crippen LogP contribution in [0.5, 0.6) is 0 Å². The first-order valence-electron chi connectivity index (χ1n) is 31.4. The highest BCUT2D eigenvalue weighted by Crippen LogP contribution is 2.16. The van der Waals surface area contributed by atoms with Crippen molar-refractivity contribution in [1.29, 1.82) is 0 Å². The van der Waals surface area contributed by atoms with Crippen LogP contribution in [0.4, 0.5) is 0 Å². The SMILES string of the molecule is CC/C=C\C/C=C\C/C=C\C/C=C\C/C=C\CCCCCCCCCCCCCC(=O)OCC(COC(=O)CCCCCCC/C=C\CCCCCC)OC(=O)CCCCCCCCC/C=C\C/C=C\C/C=C\CC. The number of rotatable bonds is 56. The van der Waals surface area contributed by atoms with Gasteiger partial charge in [0.25, 0.3) is 0 Å². The number of hydrogen-bond donors (Lipinski definition) is 0. The largest absolute Gasteiger partial charge is 0.462 e. The lowest BCUT2D eigenvalue weighted by molar-refractivity contribution is -0.167. The van der Waals surface area contributed by atoms with Crippen LogP contribution in [-0.2, 0) is 28.6 Å². The first kappa shape index (κ1) is 71.1. The Balaban J connectivity index is 4.31. The molecule has 0 spiro atoms. The summed E-state index contributed by atoms with van der Waals surface area (Å²) in [4.78, 5) is 38.3. The molecule has 0 aromatic carbocycles. The third-order valence-corrected chi connectivity index (χ3v) is 13.2. The third kappa shape index (κ3) is 60.8. The van der Waals surface area contributed by atoms with Crippen molar-refractivity contribution in [3.8, 4) is 0 Å². The number of unbranched alkanes of at least 4 members (excludes halogenated alkanes) is 27. The van der Waals surface area contributed by atoms with E-state index in [0.717, 1.165) is 122 Å².